The van der Waals surface area contributed by atoms with E-state index < -0.39 is 0 Å². The van der Waals surface area contributed by atoms with Gasteiger partial charge in [0.1, 0.15) is 5.82 Å². The first kappa shape index (κ1) is 12.4. The molecule has 3 nitrogen and oxygen atoms in total. The summed E-state index contributed by atoms with van der Waals surface area (Å²) in [4.78, 5) is 12.5. The van der Waals surface area contributed by atoms with Gasteiger partial charge in [0.15, 0.2) is 0 Å². The minimum atomic E-state index is -0.330. The van der Waals surface area contributed by atoms with Gasteiger partial charge in [0.25, 0.3) is 0 Å². The van der Waals surface area contributed by atoms with Gasteiger partial charge in [-0.05, 0) is 29.1 Å². The van der Waals surface area contributed by atoms with Crippen LogP contribution in [-0.2, 0) is 11.2 Å². The van der Waals surface area contributed by atoms with Crippen molar-refractivity contribution in [1.29, 1.82) is 0 Å². The highest BCUT2D eigenvalue weighted by Crippen LogP contribution is 2.08. The molecule has 0 atom stereocenters. The van der Waals surface area contributed by atoms with Crippen molar-refractivity contribution >= 4 is 23.5 Å². The van der Waals surface area contributed by atoms with Crippen molar-refractivity contribution in [1.82, 2.24) is 5.43 Å². The maximum Gasteiger partial charge on any atom is 0.245 e. The van der Waals surface area contributed by atoms with E-state index >= 15 is 0 Å². The van der Waals surface area contributed by atoms with Crippen LogP contribution in [0.4, 0.5) is 4.39 Å². The van der Waals surface area contributed by atoms with E-state index in [0.717, 1.165) is 4.88 Å². The van der Waals surface area contributed by atoms with Gasteiger partial charge in [0, 0.05) is 4.88 Å². The molecule has 0 aliphatic rings. The summed E-state index contributed by atoms with van der Waals surface area (Å²) in [6.07, 6.45) is 1.72. The molecule has 0 radical (unpaired) electrons. The summed E-state index contributed by atoms with van der Waals surface area (Å²) < 4.78 is 12.9. The fraction of sp³-hybridized carbons (Fsp3) is 0.0769. The summed E-state index contributed by atoms with van der Waals surface area (Å²) >= 11 is 1.52. The molecular formula is C13H11FN2OS. The average Bonchev–Trinajstić information content (AvgIpc) is 2.82. The number of hydrazone groups is 1. The molecule has 2 rings (SSSR count). The van der Waals surface area contributed by atoms with Gasteiger partial charge < -0.3 is 0 Å². The van der Waals surface area contributed by atoms with Gasteiger partial charge in [-0.3, -0.25) is 4.79 Å². The third-order valence-corrected chi connectivity index (χ3v) is 3.04. The molecule has 0 unspecified atom stereocenters. The van der Waals surface area contributed by atoms with Gasteiger partial charge in [-0.25, -0.2) is 9.82 Å². The number of amides is 1. The summed E-state index contributed by atoms with van der Waals surface area (Å²) in [6.45, 7) is 0. The van der Waals surface area contributed by atoms with Gasteiger partial charge in [0.05, 0.1) is 12.6 Å². The van der Waals surface area contributed by atoms with Crippen molar-refractivity contribution in [2.75, 3.05) is 0 Å². The lowest BCUT2D eigenvalue weighted by Gasteiger charge is -1.97. The van der Waals surface area contributed by atoms with Gasteiger partial charge >= 0.3 is 0 Å². The molecule has 5 heteroatoms. The molecule has 92 valence electrons. The van der Waals surface area contributed by atoms with Gasteiger partial charge in [0.2, 0.25) is 5.91 Å². The molecule has 0 spiro atoms. The SMILES string of the molecule is O=C(Cc1cccs1)NN=Cc1cccc(F)c1. The van der Waals surface area contributed by atoms with Crippen LogP contribution in [0.25, 0.3) is 0 Å². The number of hydrogen-bond acceptors (Lipinski definition) is 3. The molecule has 1 N–H and O–H groups in total. The van der Waals surface area contributed by atoms with E-state index in [-0.39, 0.29) is 11.7 Å². The molecule has 0 aliphatic carbocycles. The molecule has 0 aliphatic heterocycles. The molecule has 1 aromatic heterocycles. The van der Waals surface area contributed by atoms with E-state index in [4.69, 9.17) is 0 Å². The number of nitrogens with zero attached hydrogens (tertiary/aromatic N) is 1. The fourth-order valence-corrected chi connectivity index (χ4v) is 2.08. The van der Waals surface area contributed by atoms with E-state index in [2.05, 4.69) is 10.5 Å². The quantitative estimate of drug-likeness (QED) is 0.668. The number of carbonyl (C=O) groups excluding carboxylic acids is 1. The van der Waals surface area contributed by atoms with Crippen LogP contribution in [0.3, 0.4) is 0 Å². The Hall–Kier alpha value is -2.01. The second-order valence-electron chi connectivity index (χ2n) is 3.60. The van der Waals surface area contributed by atoms with Crippen molar-refractivity contribution in [2.45, 2.75) is 6.42 Å². The highest BCUT2D eigenvalue weighted by Gasteiger charge is 2.02. The third kappa shape index (κ3) is 3.78. The maximum absolute atomic E-state index is 12.9. The topological polar surface area (TPSA) is 41.5 Å². The second-order valence-corrected chi connectivity index (χ2v) is 4.64. The molecule has 1 aromatic carbocycles. The van der Waals surface area contributed by atoms with E-state index in [1.165, 1.54) is 29.7 Å². The van der Waals surface area contributed by atoms with Crippen molar-refractivity contribution < 1.29 is 9.18 Å². The maximum atomic E-state index is 12.9. The van der Waals surface area contributed by atoms with Crippen LogP contribution in [-0.4, -0.2) is 12.1 Å². The molecule has 0 fully saturated rings. The van der Waals surface area contributed by atoms with Crippen LogP contribution in [0.5, 0.6) is 0 Å². The Morgan fingerprint density at radius 3 is 3.00 bits per heavy atom. The standard InChI is InChI=1S/C13H11FN2OS/c14-11-4-1-3-10(7-11)9-15-16-13(17)8-12-5-2-6-18-12/h1-7,9H,8H2,(H,16,17). The Labute approximate surface area is 108 Å². The van der Waals surface area contributed by atoms with Gasteiger partial charge in [-0.2, -0.15) is 5.10 Å². The number of carbonyl (C=O) groups is 1. The lowest BCUT2D eigenvalue weighted by Crippen LogP contribution is -2.19. The Balaban J connectivity index is 1.86. The van der Waals surface area contributed by atoms with Gasteiger partial charge in [-0.15, -0.1) is 11.3 Å². The number of benzene rings is 1. The highest BCUT2D eigenvalue weighted by atomic mass is 32.1. The minimum absolute atomic E-state index is 0.190. The van der Waals surface area contributed by atoms with E-state index in [9.17, 15) is 9.18 Å². The molecule has 1 heterocycles. The summed E-state index contributed by atoms with van der Waals surface area (Å²) in [5, 5.41) is 5.69. The Morgan fingerprint density at radius 2 is 2.28 bits per heavy atom. The van der Waals surface area contributed by atoms with Crippen LogP contribution < -0.4 is 5.43 Å². The molecule has 0 saturated carbocycles. The Bertz CT molecular complexity index is 552. The minimum Gasteiger partial charge on any atom is -0.273 e. The largest absolute Gasteiger partial charge is 0.273 e. The molecule has 18 heavy (non-hydrogen) atoms. The second kappa shape index (κ2) is 6.07. The van der Waals surface area contributed by atoms with E-state index in [0.29, 0.717) is 12.0 Å². The van der Waals surface area contributed by atoms with Crippen LogP contribution in [0, 0.1) is 5.82 Å². The highest BCUT2D eigenvalue weighted by molar-refractivity contribution is 7.10. The Kier molecular flexibility index (Phi) is 4.20. The molecule has 2 aromatic rings. The van der Waals surface area contributed by atoms with Crippen LogP contribution in [0.1, 0.15) is 10.4 Å². The monoisotopic (exact) mass is 262 g/mol. The van der Waals surface area contributed by atoms with Crippen molar-refractivity contribution in [3.8, 4) is 0 Å². The third-order valence-electron chi connectivity index (χ3n) is 2.17. The first-order chi connectivity index (χ1) is 8.74. The fourth-order valence-electron chi connectivity index (χ4n) is 1.38. The van der Waals surface area contributed by atoms with Crippen LogP contribution >= 0.6 is 11.3 Å². The zero-order valence-electron chi connectivity index (χ0n) is 9.47. The summed E-state index contributed by atoms with van der Waals surface area (Å²) in [5.41, 5.74) is 3.01. The smallest absolute Gasteiger partial charge is 0.245 e. The van der Waals surface area contributed by atoms with Crippen molar-refractivity contribution in [2.24, 2.45) is 5.10 Å². The predicted octanol–water partition coefficient (Wildman–Crippen LogP) is 2.58. The number of rotatable bonds is 4. The normalized spacial score (nSPS) is 10.7. The Morgan fingerprint density at radius 1 is 1.39 bits per heavy atom. The number of hydrogen-bond donors (Lipinski definition) is 1. The average molecular weight is 262 g/mol. The summed E-state index contributed by atoms with van der Waals surface area (Å²) in [5.74, 6) is -0.519. The van der Waals surface area contributed by atoms with Gasteiger partial charge in [-0.1, -0.05) is 18.2 Å². The van der Waals surface area contributed by atoms with E-state index in [1.807, 2.05) is 17.5 Å². The van der Waals surface area contributed by atoms with Crippen LogP contribution in [0.2, 0.25) is 0 Å². The summed E-state index contributed by atoms with van der Waals surface area (Å²) in [6, 6.07) is 9.77. The number of nitrogens with one attached hydrogen (secondary N) is 1. The zero-order chi connectivity index (χ0) is 12.8. The van der Waals surface area contributed by atoms with Crippen molar-refractivity contribution in [3.05, 3.63) is 58.0 Å². The molecule has 0 saturated heterocycles. The first-order valence-corrected chi connectivity index (χ1v) is 6.22. The van der Waals surface area contributed by atoms with Crippen LogP contribution in [0.15, 0.2) is 46.9 Å². The molecular weight excluding hydrogens is 251 g/mol. The predicted molar refractivity (Wildman–Crippen MR) is 70.2 cm³/mol. The molecule has 0 bridgehead atoms. The lowest BCUT2D eigenvalue weighted by atomic mass is 10.2. The lowest BCUT2D eigenvalue weighted by molar-refractivity contribution is -0.120. The van der Waals surface area contributed by atoms with E-state index in [1.54, 1.807) is 12.1 Å². The summed E-state index contributed by atoms with van der Waals surface area (Å²) in [7, 11) is 0. The number of thiophene rings is 1. The van der Waals surface area contributed by atoms with Crippen molar-refractivity contribution in [3.63, 3.8) is 0 Å². The first-order valence-electron chi connectivity index (χ1n) is 5.34. The number of halogens is 1. The zero-order valence-corrected chi connectivity index (χ0v) is 10.3. The molecule has 1 amide bonds.